The molecule has 0 bridgehead atoms. The predicted octanol–water partition coefficient (Wildman–Crippen LogP) is 4.07. The second kappa shape index (κ2) is 5.72. The van der Waals surface area contributed by atoms with Crippen molar-refractivity contribution in [2.75, 3.05) is 7.11 Å². The summed E-state index contributed by atoms with van der Waals surface area (Å²) in [5.74, 6) is 1.35. The number of imidazole rings is 1. The van der Waals surface area contributed by atoms with Gasteiger partial charge in [0.2, 0.25) is 0 Å². The van der Waals surface area contributed by atoms with Gasteiger partial charge in [-0.1, -0.05) is 32.0 Å². The number of rotatable bonds is 4. The number of aromatic hydroxyl groups is 1. The molecule has 0 amide bonds. The standard InChI is InChI=1S/C18H20N2O2/c1-11(2)18(15-9-19-10-20-15)13-5-4-12-7-16(21)17(22-3)8-14(12)6-13/h4-11,18,21H,1-3H3,(H,19,20). The molecule has 2 N–H and O–H groups in total. The molecule has 3 aromatic rings. The smallest absolute Gasteiger partial charge is 0.161 e. The maximum atomic E-state index is 9.89. The summed E-state index contributed by atoms with van der Waals surface area (Å²) in [6.07, 6.45) is 3.60. The summed E-state index contributed by atoms with van der Waals surface area (Å²) >= 11 is 0. The van der Waals surface area contributed by atoms with Gasteiger partial charge in [-0.3, -0.25) is 0 Å². The number of ether oxygens (including phenoxy) is 1. The average molecular weight is 296 g/mol. The molecule has 3 rings (SSSR count). The fourth-order valence-electron chi connectivity index (χ4n) is 3.00. The van der Waals surface area contributed by atoms with Crippen LogP contribution < -0.4 is 4.74 Å². The number of fused-ring (bicyclic) bond motifs is 1. The molecule has 1 atom stereocenters. The maximum Gasteiger partial charge on any atom is 0.161 e. The number of H-pyrrole nitrogens is 1. The van der Waals surface area contributed by atoms with Crippen molar-refractivity contribution in [2.24, 2.45) is 5.92 Å². The normalized spacial score (nSPS) is 12.7. The van der Waals surface area contributed by atoms with E-state index in [0.717, 1.165) is 16.5 Å². The van der Waals surface area contributed by atoms with E-state index in [1.165, 1.54) is 5.56 Å². The molecule has 0 aliphatic rings. The molecule has 0 saturated carbocycles. The third kappa shape index (κ3) is 2.52. The van der Waals surface area contributed by atoms with Gasteiger partial charge in [-0.05, 0) is 34.4 Å². The Morgan fingerprint density at radius 1 is 1.14 bits per heavy atom. The lowest BCUT2D eigenvalue weighted by atomic mass is 9.85. The van der Waals surface area contributed by atoms with Crippen molar-refractivity contribution in [3.63, 3.8) is 0 Å². The Labute approximate surface area is 129 Å². The number of methoxy groups -OCH3 is 1. The number of hydrogen-bond donors (Lipinski definition) is 2. The first-order valence-electron chi connectivity index (χ1n) is 7.39. The molecule has 0 saturated heterocycles. The molecule has 4 heteroatoms. The van der Waals surface area contributed by atoms with Gasteiger partial charge in [-0.25, -0.2) is 4.98 Å². The third-order valence-corrected chi connectivity index (χ3v) is 4.04. The van der Waals surface area contributed by atoms with Gasteiger partial charge in [-0.2, -0.15) is 0 Å². The van der Waals surface area contributed by atoms with Crippen LogP contribution in [0.1, 0.15) is 31.0 Å². The van der Waals surface area contributed by atoms with Crippen molar-refractivity contribution < 1.29 is 9.84 Å². The summed E-state index contributed by atoms with van der Waals surface area (Å²) in [6.45, 7) is 4.40. The Bertz CT molecular complexity index is 779. The van der Waals surface area contributed by atoms with Gasteiger partial charge < -0.3 is 14.8 Å². The highest BCUT2D eigenvalue weighted by atomic mass is 16.5. The lowest BCUT2D eigenvalue weighted by molar-refractivity contribution is 0.374. The fourth-order valence-corrected chi connectivity index (χ4v) is 3.00. The Kier molecular flexibility index (Phi) is 3.75. The van der Waals surface area contributed by atoms with E-state index in [0.29, 0.717) is 11.7 Å². The van der Waals surface area contributed by atoms with E-state index in [-0.39, 0.29) is 11.7 Å². The van der Waals surface area contributed by atoms with E-state index in [4.69, 9.17) is 4.74 Å². The zero-order chi connectivity index (χ0) is 15.7. The molecule has 0 fully saturated rings. The molecule has 0 aliphatic carbocycles. The first kappa shape index (κ1) is 14.4. The van der Waals surface area contributed by atoms with Crippen LogP contribution in [0.15, 0.2) is 42.9 Å². The largest absolute Gasteiger partial charge is 0.504 e. The fraction of sp³-hybridized carbons (Fsp3) is 0.278. The molecule has 4 nitrogen and oxygen atoms in total. The molecule has 114 valence electrons. The van der Waals surface area contributed by atoms with Crippen molar-refractivity contribution in [3.05, 3.63) is 54.1 Å². The highest BCUT2D eigenvalue weighted by Gasteiger charge is 2.20. The molecule has 22 heavy (non-hydrogen) atoms. The Hall–Kier alpha value is -2.49. The van der Waals surface area contributed by atoms with Gasteiger partial charge >= 0.3 is 0 Å². The summed E-state index contributed by atoms with van der Waals surface area (Å²) in [6, 6.07) is 9.91. The van der Waals surface area contributed by atoms with Crippen LogP contribution >= 0.6 is 0 Å². The Morgan fingerprint density at radius 3 is 2.59 bits per heavy atom. The van der Waals surface area contributed by atoms with Gasteiger partial charge in [0.25, 0.3) is 0 Å². The second-order valence-corrected chi connectivity index (χ2v) is 5.86. The zero-order valence-electron chi connectivity index (χ0n) is 13.0. The van der Waals surface area contributed by atoms with Gasteiger partial charge in [0.05, 0.1) is 13.4 Å². The van der Waals surface area contributed by atoms with Crippen LogP contribution in [-0.4, -0.2) is 22.2 Å². The Balaban J connectivity index is 2.12. The van der Waals surface area contributed by atoms with Crippen molar-refractivity contribution >= 4 is 10.8 Å². The van der Waals surface area contributed by atoms with Crippen LogP contribution in [0.4, 0.5) is 0 Å². The lowest BCUT2D eigenvalue weighted by Crippen LogP contribution is -2.09. The van der Waals surface area contributed by atoms with Gasteiger partial charge in [0, 0.05) is 17.8 Å². The molecule has 1 heterocycles. The quantitative estimate of drug-likeness (QED) is 0.763. The average Bonchev–Trinajstić information content (AvgIpc) is 3.00. The number of aromatic amines is 1. The molecule has 1 unspecified atom stereocenters. The highest BCUT2D eigenvalue weighted by molar-refractivity contribution is 5.86. The molecule has 1 aromatic heterocycles. The second-order valence-electron chi connectivity index (χ2n) is 5.86. The van der Waals surface area contributed by atoms with Crippen molar-refractivity contribution in [1.29, 1.82) is 0 Å². The van der Waals surface area contributed by atoms with E-state index in [1.807, 2.05) is 18.3 Å². The predicted molar refractivity (Wildman–Crippen MR) is 87.4 cm³/mol. The zero-order valence-corrected chi connectivity index (χ0v) is 13.0. The third-order valence-electron chi connectivity index (χ3n) is 4.04. The first-order valence-corrected chi connectivity index (χ1v) is 7.39. The van der Waals surface area contributed by atoms with Gasteiger partial charge in [0.15, 0.2) is 11.5 Å². The molecule has 0 aliphatic heterocycles. The molecular formula is C18H20N2O2. The van der Waals surface area contributed by atoms with Crippen LogP contribution in [0, 0.1) is 5.92 Å². The molecule has 0 spiro atoms. The van der Waals surface area contributed by atoms with Crippen LogP contribution in [0.3, 0.4) is 0 Å². The molecule has 0 radical (unpaired) electrons. The minimum atomic E-state index is 0.164. The number of phenols is 1. The van der Waals surface area contributed by atoms with E-state index < -0.39 is 0 Å². The minimum Gasteiger partial charge on any atom is -0.504 e. The number of nitrogens with one attached hydrogen (secondary N) is 1. The number of phenolic OH excluding ortho intramolecular Hbond substituents is 1. The van der Waals surface area contributed by atoms with Gasteiger partial charge in [0.1, 0.15) is 0 Å². The van der Waals surface area contributed by atoms with E-state index in [1.54, 1.807) is 19.5 Å². The highest BCUT2D eigenvalue weighted by Crippen LogP contribution is 2.35. The summed E-state index contributed by atoms with van der Waals surface area (Å²) in [4.78, 5) is 7.36. The van der Waals surface area contributed by atoms with Crippen LogP contribution in [0.5, 0.6) is 11.5 Å². The summed E-state index contributed by atoms with van der Waals surface area (Å²) in [5.41, 5.74) is 2.33. The number of hydrogen-bond acceptors (Lipinski definition) is 3. The van der Waals surface area contributed by atoms with Crippen molar-refractivity contribution in [2.45, 2.75) is 19.8 Å². The number of benzene rings is 2. The monoisotopic (exact) mass is 296 g/mol. The van der Waals surface area contributed by atoms with E-state index in [2.05, 4.69) is 35.9 Å². The van der Waals surface area contributed by atoms with Crippen LogP contribution in [0.25, 0.3) is 10.8 Å². The topological polar surface area (TPSA) is 58.1 Å². The number of nitrogens with zero attached hydrogens (tertiary/aromatic N) is 1. The van der Waals surface area contributed by atoms with Crippen LogP contribution in [-0.2, 0) is 0 Å². The summed E-state index contributed by atoms with van der Waals surface area (Å²) < 4.78 is 5.21. The number of aromatic nitrogens is 2. The van der Waals surface area contributed by atoms with Gasteiger partial charge in [-0.15, -0.1) is 0 Å². The Morgan fingerprint density at radius 2 is 1.95 bits per heavy atom. The first-order chi connectivity index (χ1) is 10.6. The maximum absolute atomic E-state index is 9.89. The SMILES string of the molecule is COc1cc2cc(C(c3cnc[nH]3)C(C)C)ccc2cc1O. The lowest BCUT2D eigenvalue weighted by Gasteiger charge is -2.20. The molecular weight excluding hydrogens is 276 g/mol. The van der Waals surface area contributed by atoms with Crippen molar-refractivity contribution in [1.82, 2.24) is 9.97 Å². The van der Waals surface area contributed by atoms with E-state index >= 15 is 0 Å². The van der Waals surface area contributed by atoms with Crippen molar-refractivity contribution in [3.8, 4) is 11.5 Å². The minimum absolute atomic E-state index is 0.164. The van der Waals surface area contributed by atoms with E-state index in [9.17, 15) is 5.11 Å². The molecule has 2 aromatic carbocycles. The van der Waals surface area contributed by atoms with Crippen LogP contribution in [0.2, 0.25) is 0 Å². The summed E-state index contributed by atoms with van der Waals surface area (Å²) in [7, 11) is 1.56. The summed E-state index contributed by atoms with van der Waals surface area (Å²) in [5, 5.41) is 11.9.